The summed E-state index contributed by atoms with van der Waals surface area (Å²) in [5.74, 6) is -9.79. The van der Waals surface area contributed by atoms with Gasteiger partial charge in [0.25, 0.3) is 0 Å². The highest BCUT2D eigenvalue weighted by molar-refractivity contribution is 5.36. The van der Waals surface area contributed by atoms with E-state index >= 15 is 0 Å². The molecule has 0 unspecified atom stereocenters. The first-order valence-corrected chi connectivity index (χ1v) is 4.57. The highest BCUT2D eigenvalue weighted by atomic mass is 19.2. The van der Waals surface area contributed by atoms with Crippen molar-refractivity contribution in [3.8, 4) is 0 Å². The molecule has 1 aliphatic rings. The van der Waals surface area contributed by atoms with Crippen molar-refractivity contribution in [3.63, 3.8) is 0 Å². The van der Waals surface area contributed by atoms with Crippen molar-refractivity contribution in [3.05, 3.63) is 34.6 Å². The summed E-state index contributed by atoms with van der Waals surface area (Å²) in [5, 5.41) is 8.94. The lowest BCUT2D eigenvalue weighted by molar-refractivity contribution is 0.243. The summed E-state index contributed by atoms with van der Waals surface area (Å²) in [4.78, 5) is 0. The first-order valence-electron chi connectivity index (χ1n) is 4.57. The van der Waals surface area contributed by atoms with E-state index in [1.54, 1.807) is 0 Å². The highest BCUT2D eigenvalue weighted by Crippen LogP contribution is 2.50. The molecule has 0 bridgehead atoms. The van der Waals surface area contributed by atoms with Crippen LogP contribution in [0.25, 0.3) is 0 Å². The summed E-state index contributed by atoms with van der Waals surface area (Å²) in [6, 6.07) is 0. The maximum absolute atomic E-state index is 13.3. The van der Waals surface area contributed by atoms with E-state index < -0.39 is 46.7 Å². The summed E-state index contributed by atoms with van der Waals surface area (Å²) >= 11 is 0. The Bertz CT molecular complexity index is 424. The van der Waals surface area contributed by atoms with Gasteiger partial charge in [-0.15, -0.1) is 0 Å². The molecule has 1 saturated carbocycles. The van der Waals surface area contributed by atoms with Crippen LogP contribution < -0.4 is 0 Å². The number of hydrogen-bond acceptors (Lipinski definition) is 1. The van der Waals surface area contributed by atoms with Gasteiger partial charge in [-0.25, -0.2) is 22.0 Å². The van der Waals surface area contributed by atoms with E-state index in [2.05, 4.69) is 0 Å². The molecule has 1 aromatic carbocycles. The summed E-state index contributed by atoms with van der Waals surface area (Å²) in [5.41, 5.74) is -2.20. The van der Waals surface area contributed by atoms with Gasteiger partial charge in [0, 0.05) is 11.0 Å². The van der Waals surface area contributed by atoms with Crippen LogP contribution in [0.5, 0.6) is 0 Å². The third-order valence-electron chi connectivity index (χ3n) is 2.90. The highest BCUT2D eigenvalue weighted by Gasteiger charge is 2.49. The number of rotatable bonds is 2. The van der Waals surface area contributed by atoms with Crippen molar-refractivity contribution in [2.75, 3.05) is 6.61 Å². The Morgan fingerprint density at radius 3 is 1.50 bits per heavy atom. The average Bonchev–Trinajstić information content (AvgIpc) is 3.05. The summed E-state index contributed by atoms with van der Waals surface area (Å²) in [7, 11) is 0. The molecule has 0 spiro atoms. The quantitative estimate of drug-likeness (QED) is 0.476. The molecule has 2 rings (SSSR count). The van der Waals surface area contributed by atoms with Gasteiger partial charge in [0.15, 0.2) is 23.3 Å². The van der Waals surface area contributed by atoms with Crippen LogP contribution in [-0.4, -0.2) is 11.7 Å². The van der Waals surface area contributed by atoms with E-state index in [1.807, 2.05) is 0 Å². The molecular weight excluding hydrogens is 231 g/mol. The van der Waals surface area contributed by atoms with E-state index in [1.165, 1.54) is 0 Å². The normalized spacial score (nSPS) is 17.6. The number of aliphatic hydroxyl groups is 1. The van der Waals surface area contributed by atoms with Crippen LogP contribution in [0.3, 0.4) is 0 Å². The second kappa shape index (κ2) is 3.41. The lowest BCUT2D eigenvalue weighted by Gasteiger charge is -2.15. The minimum atomic E-state index is -2.17. The maximum Gasteiger partial charge on any atom is 0.200 e. The molecule has 1 fully saturated rings. The predicted octanol–water partition coefficient (Wildman–Crippen LogP) is 2.41. The zero-order valence-corrected chi connectivity index (χ0v) is 7.96. The van der Waals surface area contributed by atoms with E-state index in [0.29, 0.717) is 0 Å². The molecule has 6 heteroatoms. The standard InChI is InChI=1S/C10H7F5O/c11-5-4(10(3-16)1-2-10)6(12)8(14)9(15)7(5)13/h16H,1-3H2. The average molecular weight is 238 g/mol. The molecule has 0 aliphatic heterocycles. The van der Waals surface area contributed by atoms with Crippen LogP contribution in [0, 0.1) is 29.1 Å². The third-order valence-corrected chi connectivity index (χ3v) is 2.90. The molecule has 0 aromatic heterocycles. The number of halogens is 5. The second-order valence-corrected chi connectivity index (χ2v) is 3.88. The largest absolute Gasteiger partial charge is 0.395 e. The zero-order valence-electron chi connectivity index (χ0n) is 7.96. The Balaban J connectivity index is 2.71. The third kappa shape index (κ3) is 1.32. The zero-order chi connectivity index (χ0) is 12.1. The van der Waals surface area contributed by atoms with Gasteiger partial charge in [-0.05, 0) is 12.8 Å². The Morgan fingerprint density at radius 1 is 0.812 bits per heavy atom. The molecule has 16 heavy (non-hydrogen) atoms. The van der Waals surface area contributed by atoms with Gasteiger partial charge >= 0.3 is 0 Å². The first kappa shape index (κ1) is 11.3. The predicted molar refractivity (Wildman–Crippen MR) is 44.2 cm³/mol. The van der Waals surface area contributed by atoms with Gasteiger partial charge in [0.2, 0.25) is 5.82 Å². The van der Waals surface area contributed by atoms with E-state index in [4.69, 9.17) is 5.11 Å². The van der Waals surface area contributed by atoms with Gasteiger partial charge in [-0.1, -0.05) is 0 Å². The molecule has 0 heterocycles. The van der Waals surface area contributed by atoms with Crippen LogP contribution in [-0.2, 0) is 5.41 Å². The molecule has 1 aliphatic carbocycles. The monoisotopic (exact) mass is 238 g/mol. The lowest BCUT2D eigenvalue weighted by Crippen LogP contribution is -2.20. The molecule has 88 valence electrons. The van der Waals surface area contributed by atoms with E-state index in [-0.39, 0.29) is 12.8 Å². The van der Waals surface area contributed by atoms with Gasteiger partial charge in [0.1, 0.15) is 0 Å². The molecule has 0 atom stereocenters. The Kier molecular flexibility index (Phi) is 2.41. The molecule has 1 aromatic rings. The first-order chi connectivity index (χ1) is 7.44. The second-order valence-electron chi connectivity index (χ2n) is 3.88. The minimum absolute atomic E-state index is 0.210. The maximum atomic E-state index is 13.3. The van der Waals surface area contributed by atoms with Crippen LogP contribution in [0.4, 0.5) is 22.0 Å². The topological polar surface area (TPSA) is 20.2 Å². The van der Waals surface area contributed by atoms with Crippen LogP contribution in [0.1, 0.15) is 18.4 Å². The molecule has 0 amide bonds. The van der Waals surface area contributed by atoms with Gasteiger partial charge < -0.3 is 5.11 Å². The van der Waals surface area contributed by atoms with Crippen molar-refractivity contribution < 1.29 is 27.1 Å². The van der Waals surface area contributed by atoms with E-state index in [9.17, 15) is 22.0 Å². The van der Waals surface area contributed by atoms with Crippen molar-refractivity contribution >= 4 is 0 Å². The molecule has 0 radical (unpaired) electrons. The van der Waals surface area contributed by atoms with Gasteiger partial charge in [0.05, 0.1) is 6.61 Å². The molecular formula is C10H7F5O. The number of benzene rings is 1. The van der Waals surface area contributed by atoms with Gasteiger partial charge in [-0.2, -0.15) is 0 Å². The summed E-state index contributed by atoms with van der Waals surface area (Å²) < 4.78 is 65.0. The molecule has 1 N–H and O–H groups in total. The SMILES string of the molecule is OCC1(c2c(F)c(F)c(F)c(F)c2F)CC1. The Labute approximate surface area is 87.5 Å². The smallest absolute Gasteiger partial charge is 0.200 e. The fraction of sp³-hybridized carbons (Fsp3) is 0.400. The summed E-state index contributed by atoms with van der Waals surface area (Å²) in [6.07, 6.45) is 0.420. The fourth-order valence-electron chi connectivity index (χ4n) is 1.71. The van der Waals surface area contributed by atoms with E-state index in [0.717, 1.165) is 0 Å². The number of aliphatic hydroxyl groups excluding tert-OH is 1. The summed E-state index contributed by atoms with van der Waals surface area (Å²) in [6.45, 7) is -0.634. The van der Waals surface area contributed by atoms with Crippen molar-refractivity contribution in [2.45, 2.75) is 18.3 Å². The van der Waals surface area contributed by atoms with Crippen LogP contribution in [0.2, 0.25) is 0 Å². The fourth-order valence-corrected chi connectivity index (χ4v) is 1.71. The minimum Gasteiger partial charge on any atom is -0.395 e. The van der Waals surface area contributed by atoms with Gasteiger partial charge in [-0.3, -0.25) is 0 Å². The van der Waals surface area contributed by atoms with Crippen molar-refractivity contribution in [2.24, 2.45) is 0 Å². The van der Waals surface area contributed by atoms with Crippen molar-refractivity contribution in [1.29, 1.82) is 0 Å². The lowest BCUT2D eigenvalue weighted by atomic mass is 9.95. The molecule has 0 saturated heterocycles. The Morgan fingerprint density at radius 2 is 1.19 bits per heavy atom. The number of hydrogen-bond donors (Lipinski definition) is 1. The van der Waals surface area contributed by atoms with Crippen molar-refractivity contribution in [1.82, 2.24) is 0 Å². The Hall–Kier alpha value is -1.17. The molecule has 1 nitrogen and oxygen atoms in total. The van der Waals surface area contributed by atoms with Crippen LogP contribution in [0.15, 0.2) is 0 Å². The van der Waals surface area contributed by atoms with Crippen LogP contribution >= 0.6 is 0 Å².